The number of ether oxygens (including phenoxy) is 1. The number of benzene rings is 1. The molecule has 1 aliphatic rings. The molecule has 0 spiro atoms. The van der Waals surface area contributed by atoms with E-state index in [-0.39, 0.29) is 11.9 Å². The van der Waals surface area contributed by atoms with E-state index in [2.05, 4.69) is 15.1 Å². The molecule has 1 aliphatic heterocycles. The lowest BCUT2D eigenvalue weighted by atomic mass is 10.1. The van der Waals surface area contributed by atoms with E-state index in [4.69, 9.17) is 16.3 Å². The van der Waals surface area contributed by atoms with E-state index in [1.54, 1.807) is 60.7 Å². The number of amides is 1. The molecular weight excluding hydrogens is 366 g/mol. The van der Waals surface area contributed by atoms with Crippen molar-refractivity contribution in [1.29, 1.82) is 0 Å². The van der Waals surface area contributed by atoms with Crippen LogP contribution in [0.4, 0.5) is 0 Å². The Kier molecular flexibility index (Phi) is 4.77. The zero-order chi connectivity index (χ0) is 18.8. The zero-order valence-electron chi connectivity index (χ0n) is 14.7. The zero-order valence-corrected chi connectivity index (χ0v) is 15.5. The minimum absolute atomic E-state index is 0.0525. The molecule has 27 heavy (non-hydrogen) atoms. The predicted octanol–water partition coefficient (Wildman–Crippen LogP) is 3.63. The van der Waals surface area contributed by atoms with Crippen LogP contribution in [0.3, 0.4) is 0 Å². The van der Waals surface area contributed by atoms with Gasteiger partial charge in [0, 0.05) is 24.8 Å². The Morgan fingerprint density at radius 2 is 2.04 bits per heavy atom. The summed E-state index contributed by atoms with van der Waals surface area (Å²) < 4.78 is 7.36. The maximum atomic E-state index is 12.9. The van der Waals surface area contributed by atoms with Crippen molar-refractivity contribution >= 4 is 17.5 Å². The van der Waals surface area contributed by atoms with E-state index in [0.29, 0.717) is 28.9 Å². The van der Waals surface area contributed by atoms with Crippen LogP contribution in [0.5, 0.6) is 11.6 Å². The summed E-state index contributed by atoms with van der Waals surface area (Å²) in [6.45, 7) is 0.679. The van der Waals surface area contributed by atoms with E-state index in [0.717, 1.165) is 18.5 Å². The Bertz CT molecular complexity index is 957. The molecule has 3 aromatic rings. The van der Waals surface area contributed by atoms with E-state index in [1.165, 1.54) is 0 Å². The summed E-state index contributed by atoms with van der Waals surface area (Å²) in [5.74, 6) is 0.957. The molecule has 1 atom stereocenters. The highest BCUT2D eigenvalue weighted by Crippen LogP contribution is 2.33. The van der Waals surface area contributed by atoms with Crippen LogP contribution in [0.15, 0.2) is 48.9 Å². The Labute approximate surface area is 161 Å². The van der Waals surface area contributed by atoms with Crippen LogP contribution in [0.1, 0.15) is 35.1 Å². The fraction of sp³-hybridized carbons (Fsp3) is 0.263. The topological polar surface area (TPSA) is 73.1 Å². The highest BCUT2D eigenvalue weighted by atomic mass is 35.5. The first-order valence-electron chi connectivity index (χ1n) is 8.66. The maximum absolute atomic E-state index is 12.9. The normalized spacial score (nSPS) is 16.5. The van der Waals surface area contributed by atoms with Crippen LogP contribution in [0.2, 0.25) is 5.02 Å². The molecule has 138 valence electrons. The van der Waals surface area contributed by atoms with E-state index < -0.39 is 0 Å². The number of carbonyl (C=O) groups excluding carboxylic acids is 1. The van der Waals surface area contributed by atoms with Crippen molar-refractivity contribution in [2.24, 2.45) is 7.05 Å². The van der Waals surface area contributed by atoms with Crippen LogP contribution in [-0.2, 0) is 7.05 Å². The third kappa shape index (κ3) is 3.64. The van der Waals surface area contributed by atoms with Gasteiger partial charge in [0.25, 0.3) is 5.91 Å². The van der Waals surface area contributed by atoms with Gasteiger partial charge in [0.2, 0.25) is 5.88 Å². The van der Waals surface area contributed by atoms with Crippen LogP contribution in [0, 0.1) is 0 Å². The number of nitrogens with zero attached hydrogens (tertiary/aromatic N) is 5. The SMILES string of the molecule is Cn1nccc1C(=O)N1CCC[C@H]1c1cncc(Oc2ccc(Cl)cc2)n1. The summed E-state index contributed by atoms with van der Waals surface area (Å²) in [4.78, 5) is 23.5. The van der Waals surface area contributed by atoms with Gasteiger partial charge in [-0.05, 0) is 43.2 Å². The number of aryl methyl sites for hydroxylation is 1. The van der Waals surface area contributed by atoms with E-state index >= 15 is 0 Å². The number of likely N-dealkylation sites (tertiary alicyclic amines) is 1. The van der Waals surface area contributed by atoms with Gasteiger partial charge < -0.3 is 9.64 Å². The molecule has 2 aromatic heterocycles. The van der Waals surface area contributed by atoms with Crippen LogP contribution >= 0.6 is 11.6 Å². The van der Waals surface area contributed by atoms with Crippen molar-refractivity contribution in [2.45, 2.75) is 18.9 Å². The molecule has 1 fully saturated rings. The molecule has 0 aliphatic carbocycles. The van der Waals surface area contributed by atoms with Crippen LogP contribution < -0.4 is 4.74 Å². The molecule has 3 heterocycles. The second-order valence-electron chi connectivity index (χ2n) is 6.33. The van der Waals surface area contributed by atoms with Crippen LogP contribution in [-0.4, -0.2) is 37.1 Å². The Morgan fingerprint density at radius 3 is 2.78 bits per heavy atom. The lowest BCUT2D eigenvalue weighted by Crippen LogP contribution is -2.32. The fourth-order valence-electron chi connectivity index (χ4n) is 3.24. The number of hydrogen-bond donors (Lipinski definition) is 0. The third-order valence-corrected chi connectivity index (χ3v) is 4.81. The fourth-order valence-corrected chi connectivity index (χ4v) is 3.37. The first-order valence-corrected chi connectivity index (χ1v) is 9.04. The average Bonchev–Trinajstić information content (AvgIpc) is 3.32. The highest BCUT2D eigenvalue weighted by Gasteiger charge is 2.33. The van der Waals surface area contributed by atoms with Crippen LogP contribution in [0.25, 0.3) is 0 Å². The predicted molar refractivity (Wildman–Crippen MR) is 99.8 cm³/mol. The summed E-state index contributed by atoms with van der Waals surface area (Å²) in [7, 11) is 1.76. The second kappa shape index (κ2) is 7.36. The number of halogens is 1. The van der Waals surface area contributed by atoms with Gasteiger partial charge in [0.05, 0.1) is 24.1 Å². The van der Waals surface area contributed by atoms with Gasteiger partial charge >= 0.3 is 0 Å². The number of rotatable bonds is 4. The standard InChI is InChI=1S/C19H18ClN5O2/c1-24-17(8-9-22-24)19(26)25-10-2-3-16(25)15-11-21-12-18(23-15)27-14-6-4-13(20)5-7-14/h4-9,11-12,16H,2-3,10H2,1H3/t16-/m0/s1. The summed E-state index contributed by atoms with van der Waals surface area (Å²) in [6, 6.07) is 8.63. The van der Waals surface area contributed by atoms with Gasteiger partial charge in [-0.15, -0.1) is 0 Å². The van der Waals surface area contributed by atoms with Crippen molar-refractivity contribution in [3.63, 3.8) is 0 Å². The van der Waals surface area contributed by atoms with Crippen molar-refractivity contribution in [1.82, 2.24) is 24.6 Å². The van der Waals surface area contributed by atoms with Crippen molar-refractivity contribution in [3.8, 4) is 11.6 Å². The molecule has 1 saturated heterocycles. The first-order chi connectivity index (χ1) is 13.1. The van der Waals surface area contributed by atoms with E-state index in [9.17, 15) is 4.79 Å². The smallest absolute Gasteiger partial charge is 0.272 e. The lowest BCUT2D eigenvalue weighted by Gasteiger charge is -2.24. The number of hydrogen-bond acceptors (Lipinski definition) is 5. The molecule has 0 radical (unpaired) electrons. The molecule has 1 aromatic carbocycles. The quantitative estimate of drug-likeness (QED) is 0.687. The van der Waals surface area contributed by atoms with Gasteiger partial charge in [-0.3, -0.25) is 14.5 Å². The first kappa shape index (κ1) is 17.5. The molecule has 0 N–H and O–H groups in total. The maximum Gasteiger partial charge on any atom is 0.272 e. The van der Waals surface area contributed by atoms with Crippen molar-refractivity contribution < 1.29 is 9.53 Å². The number of carbonyl (C=O) groups is 1. The molecular formula is C19H18ClN5O2. The molecule has 0 saturated carbocycles. The molecule has 0 unspecified atom stereocenters. The van der Waals surface area contributed by atoms with Gasteiger partial charge in [-0.2, -0.15) is 5.10 Å². The van der Waals surface area contributed by atoms with Gasteiger partial charge in [0.1, 0.15) is 11.4 Å². The minimum Gasteiger partial charge on any atom is -0.437 e. The number of aromatic nitrogens is 4. The molecule has 4 rings (SSSR count). The molecule has 0 bridgehead atoms. The van der Waals surface area contributed by atoms with Gasteiger partial charge in [-0.25, -0.2) is 4.98 Å². The molecule has 8 heteroatoms. The minimum atomic E-state index is -0.131. The second-order valence-corrected chi connectivity index (χ2v) is 6.77. The summed E-state index contributed by atoms with van der Waals surface area (Å²) >= 11 is 5.90. The van der Waals surface area contributed by atoms with Crippen molar-refractivity contribution in [2.75, 3.05) is 6.54 Å². The molecule has 1 amide bonds. The summed E-state index contributed by atoms with van der Waals surface area (Å²) in [5.41, 5.74) is 1.28. The van der Waals surface area contributed by atoms with Gasteiger partial charge in [0.15, 0.2) is 0 Å². The highest BCUT2D eigenvalue weighted by molar-refractivity contribution is 6.30. The lowest BCUT2D eigenvalue weighted by molar-refractivity contribution is 0.0721. The third-order valence-electron chi connectivity index (χ3n) is 4.56. The molecule has 7 nitrogen and oxygen atoms in total. The van der Waals surface area contributed by atoms with E-state index in [1.807, 2.05) is 4.90 Å². The monoisotopic (exact) mass is 383 g/mol. The largest absolute Gasteiger partial charge is 0.437 e. The Balaban J connectivity index is 1.56. The van der Waals surface area contributed by atoms with Crippen molar-refractivity contribution in [3.05, 3.63) is 65.3 Å². The summed E-state index contributed by atoms with van der Waals surface area (Å²) in [5, 5.41) is 4.72. The van der Waals surface area contributed by atoms with Gasteiger partial charge in [-0.1, -0.05) is 11.6 Å². The summed E-state index contributed by atoms with van der Waals surface area (Å²) in [6.07, 6.45) is 6.62. The Morgan fingerprint density at radius 1 is 1.22 bits per heavy atom. The average molecular weight is 384 g/mol. The Hall–Kier alpha value is -2.93.